The number of benzene rings is 1. The lowest BCUT2D eigenvalue weighted by Crippen LogP contribution is -2.24. The standard InChI is InChI=1S/C18H22O5/c1-4-21-16(19)11-8-12-20-13-15-17(23-18(2,3)22-15)14-9-6-5-7-10-14/h5-7,9-10,15,17H,4,12-13H2,1-3H3/t15-,17+/m0/s1. The fourth-order valence-corrected chi connectivity index (χ4v) is 2.38. The number of carbonyl (C=O) groups excluding carboxylic acids is 1. The Morgan fingerprint density at radius 1 is 1.26 bits per heavy atom. The van der Waals surface area contributed by atoms with Crippen molar-refractivity contribution >= 4 is 5.97 Å². The van der Waals surface area contributed by atoms with Gasteiger partial charge in [-0.1, -0.05) is 36.3 Å². The van der Waals surface area contributed by atoms with E-state index in [1.54, 1.807) is 6.92 Å². The van der Waals surface area contributed by atoms with Gasteiger partial charge in [0.1, 0.15) is 18.8 Å². The van der Waals surface area contributed by atoms with Gasteiger partial charge < -0.3 is 18.9 Å². The van der Waals surface area contributed by atoms with E-state index in [2.05, 4.69) is 11.8 Å². The molecule has 0 bridgehead atoms. The van der Waals surface area contributed by atoms with E-state index in [-0.39, 0.29) is 18.8 Å². The van der Waals surface area contributed by atoms with Gasteiger partial charge in [-0.25, -0.2) is 4.79 Å². The third-order valence-electron chi connectivity index (χ3n) is 3.23. The Kier molecular flexibility index (Phi) is 6.17. The summed E-state index contributed by atoms with van der Waals surface area (Å²) in [5.74, 6) is 3.78. The lowest BCUT2D eigenvalue weighted by molar-refractivity contribution is -0.150. The molecule has 0 aromatic heterocycles. The van der Waals surface area contributed by atoms with Crippen molar-refractivity contribution in [2.45, 2.75) is 38.8 Å². The molecule has 2 rings (SSSR count). The molecular formula is C18H22O5. The predicted molar refractivity (Wildman–Crippen MR) is 84.4 cm³/mol. The summed E-state index contributed by atoms with van der Waals surface area (Å²) in [5, 5.41) is 0. The highest BCUT2D eigenvalue weighted by Crippen LogP contribution is 2.38. The molecule has 5 nitrogen and oxygen atoms in total. The van der Waals surface area contributed by atoms with E-state index >= 15 is 0 Å². The molecule has 1 aromatic rings. The van der Waals surface area contributed by atoms with Crippen LogP contribution in [0, 0.1) is 11.8 Å². The second kappa shape index (κ2) is 8.11. The molecule has 1 aliphatic rings. The first kappa shape index (κ1) is 17.5. The Bertz CT molecular complexity index is 570. The molecular weight excluding hydrogens is 296 g/mol. The van der Waals surface area contributed by atoms with Gasteiger partial charge in [0.05, 0.1) is 13.2 Å². The van der Waals surface area contributed by atoms with Crippen molar-refractivity contribution in [3.05, 3.63) is 35.9 Å². The second-order valence-corrected chi connectivity index (χ2v) is 5.54. The van der Waals surface area contributed by atoms with Gasteiger partial charge in [0.2, 0.25) is 0 Å². The summed E-state index contributed by atoms with van der Waals surface area (Å²) in [4.78, 5) is 11.1. The fraction of sp³-hybridized carbons (Fsp3) is 0.500. The molecule has 0 saturated carbocycles. The molecule has 0 spiro atoms. The second-order valence-electron chi connectivity index (χ2n) is 5.54. The molecule has 5 heteroatoms. The maximum atomic E-state index is 11.1. The number of hydrogen-bond acceptors (Lipinski definition) is 5. The Hall–Kier alpha value is -1.87. The topological polar surface area (TPSA) is 54.0 Å². The molecule has 124 valence electrons. The monoisotopic (exact) mass is 318 g/mol. The van der Waals surface area contributed by atoms with E-state index in [1.165, 1.54) is 0 Å². The normalized spacial score (nSPS) is 22.2. The smallest absolute Gasteiger partial charge is 0.384 e. The Morgan fingerprint density at radius 3 is 2.70 bits per heavy atom. The molecule has 0 radical (unpaired) electrons. The summed E-state index contributed by atoms with van der Waals surface area (Å²) in [6, 6.07) is 9.90. The molecule has 2 atom stereocenters. The molecule has 0 unspecified atom stereocenters. The van der Waals surface area contributed by atoms with Gasteiger partial charge in [-0.3, -0.25) is 0 Å². The van der Waals surface area contributed by atoms with Gasteiger partial charge in [-0.2, -0.15) is 0 Å². The van der Waals surface area contributed by atoms with Crippen LogP contribution in [0.3, 0.4) is 0 Å². The minimum atomic E-state index is -0.662. The zero-order chi connectivity index (χ0) is 16.7. The number of rotatable bonds is 5. The first-order valence-corrected chi connectivity index (χ1v) is 7.66. The molecule has 0 amide bonds. The highest BCUT2D eigenvalue weighted by Gasteiger charge is 2.41. The average molecular weight is 318 g/mol. The van der Waals surface area contributed by atoms with Gasteiger partial charge in [0.25, 0.3) is 0 Å². The fourth-order valence-electron chi connectivity index (χ4n) is 2.38. The summed E-state index contributed by atoms with van der Waals surface area (Å²) in [6.07, 6.45) is -0.416. The highest BCUT2D eigenvalue weighted by atomic mass is 16.8. The number of esters is 1. The highest BCUT2D eigenvalue weighted by molar-refractivity contribution is 5.88. The number of carbonyl (C=O) groups is 1. The van der Waals surface area contributed by atoms with Crippen molar-refractivity contribution in [1.82, 2.24) is 0 Å². The Labute approximate surface area is 136 Å². The maximum absolute atomic E-state index is 11.1. The van der Waals surface area contributed by atoms with Crippen molar-refractivity contribution in [2.75, 3.05) is 19.8 Å². The molecule has 0 aliphatic carbocycles. The molecule has 1 aliphatic heterocycles. The first-order valence-electron chi connectivity index (χ1n) is 7.66. The molecule has 0 N–H and O–H groups in total. The SMILES string of the molecule is CCOC(=O)C#CCOC[C@@H]1OC(C)(C)O[C@@H]1c1ccccc1. The average Bonchev–Trinajstić information content (AvgIpc) is 2.83. The van der Waals surface area contributed by atoms with Crippen molar-refractivity contribution in [3.8, 4) is 11.8 Å². The summed E-state index contributed by atoms with van der Waals surface area (Å²) < 4.78 is 22.1. The zero-order valence-electron chi connectivity index (χ0n) is 13.7. The Morgan fingerprint density at radius 2 is 2.00 bits per heavy atom. The minimum absolute atomic E-state index is 0.139. The summed E-state index contributed by atoms with van der Waals surface area (Å²) >= 11 is 0. The van der Waals surface area contributed by atoms with Crippen LogP contribution >= 0.6 is 0 Å². The van der Waals surface area contributed by atoms with E-state index in [9.17, 15) is 4.79 Å². The first-order chi connectivity index (χ1) is 11.0. The van der Waals surface area contributed by atoms with Crippen molar-refractivity contribution in [2.24, 2.45) is 0 Å². The minimum Gasteiger partial charge on any atom is -0.456 e. The Balaban J connectivity index is 1.88. The molecule has 23 heavy (non-hydrogen) atoms. The van der Waals surface area contributed by atoms with Crippen molar-refractivity contribution in [1.29, 1.82) is 0 Å². The molecule has 1 fully saturated rings. The van der Waals surface area contributed by atoms with Crippen LogP contribution in [0.25, 0.3) is 0 Å². The van der Waals surface area contributed by atoms with E-state index in [0.717, 1.165) is 5.56 Å². The van der Waals surface area contributed by atoms with E-state index in [1.807, 2.05) is 44.2 Å². The van der Waals surface area contributed by atoms with Crippen LogP contribution in [0.5, 0.6) is 0 Å². The molecule has 1 heterocycles. The van der Waals surface area contributed by atoms with Gasteiger partial charge in [0, 0.05) is 5.92 Å². The van der Waals surface area contributed by atoms with Crippen LogP contribution in [0.1, 0.15) is 32.4 Å². The summed E-state index contributed by atoms with van der Waals surface area (Å²) in [7, 11) is 0. The zero-order valence-corrected chi connectivity index (χ0v) is 13.7. The number of ether oxygens (including phenoxy) is 4. The van der Waals surface area contributed by atoms with Crippen LogP contribution in [0.2, 0.25) is 0 Å². The predicted octanol–water partition coefficient (Wildman–Crippen LogP) is 2.46. The van der Waals surface area contributed by atoms with Crippen LogP contribution in [0.4, 0.5) is 0 Å². The molecule has 1 aromatic carbocycles. The van der Waals surface area contributed by atoms with Gasteiger partial charge in [-0.15, -0.1) is 0 Å². The van der Waals surface area contributed by atoms with Gasteiger partial charge in [-0.05, 0) is 26.3 Å². The lowest BCUT2D eigenvalue weighted by Gasteiger charge is -2.16. The quantitative estimate of drug-likeness (QED) is 0.361. The van der Waals surface area contributed by atoms with Crippen LogP contribution < -0.4 is 0 Å². The van der Waals surface area contributed by atoms with E-state index < -0.39 is 11.8 Å². The van der Waals surface area contributed by atoms with E-state index in [4.69, 9.17) is 18.9 Å². The third-order valence-corrected chi connectivity index (χ3v) is 3.23. The third kappa shape index (κ3) is 5.36. The number of hydrogen-bond donors (Lipinski definition) is 0. The van der Waals surface area contributed by atoms with Crippen molar-refractivity contribution in [3.63, 3.8) is 0 Å². The van der Waals surface area contributed by atoms with Crippen molar-refractivity contribution < 1.29 is 23.7 Å². The maximum Gasteiger partial charge on any atom is 0.384 e. The van der Waals surface area contributed by atoms with Crippen LogP contribution in [-0.4, -0.2) is 37.7 Å². The summed E-state index contributed by atoms with van der Waals surface area (Å²) in [6.45, 7) is 6.28. The summed E-state index contributed by atoms with van der Waals surface area (Å²) in [5.41, 5.74) is 1.05. The largest absolute Gasteiger partial charge is 0.456 e. The molecule has 1 saturated heterocycles. The van der Waals surface area contributed by atoms with E-state index in [0.29, 0.717) is 13.2 Å². The van der Waals surface area contributed by atoms with Gasteiger partial charge in [0.15, 0.2) is 5.79 Å². The lowest BCUT2D eigenvalue weighted by atomic mass is 10.1. The van der Waals surface area contributed by atoms with Gasteiger partial charge >= 0.3 is 5.97 Å². The van der Waals surface area contributed by atoms with Crippen LogP contribution in [0.15, 0.2) is 30.3 Å². The van der Waals surface area contributed by atoms with Crippen LogP contribution in [-0.2, 0) is 23.7 Å².